The van der Waals surface area contributed by atoms with Crippen LogP contribution < -0.4 is 0 Å². The second kappa shape index (κ2) is 5.40. The number of hydrogen-bond acceptors (Lipinski definition) is 4. The first-order chi connectivity index (χ1) is 8.99. The van der Waals surface area contributed by atoms with E-state index in [1.165, 1.54) is 11.2 Å². The van der Waals surface area contributed by atoms with Crippen LogP contribution >= 0.6 is 0 Å². The van der Waals surface area contributed by atoms with Crippen molar-refractivity contribution in [3.8, 4) is 0 Å². The molecule has 104 valence electrons. The number of rotatable bonds is 4. The van der Waals surface area contributed by atoms with Crippen LogP contribution in [0.3, 0.4) is 0 Å². The van der Waals surface area contributed by atoms with Gasteiger partial charge in [0.05, 0.1) is 30.4 Å². The van der Waals surface area contributed by atoms with Crippen molar-refractivity contribution in [3.05, 3.63) is 17.7 Å². The van der Waals surface area contributed by atoms with Crippen molar-refractivity contribution in [1.29, 1.82) is 0 Å². The van der Waals surface area contributed by atoms with Crippen molar-refractivity contribution >= 4 is 11.9 Å². The van der Waals surface area contributed by atoms with Gasteiger partial charge >= 0.3 is 5.97 Å². The maximum atomic E-state index is 12.1. The number of H-pyrrole nitrogens is 1. The Labute approximate surface area is 110 Å². The second-order valence-corrected chi connectivity index (χ2v) is 4.77. The van der Waals surface area contributed by atoms with Crippen LogP contribution in [0.1, 0.15) is 25.2 Å². The molecule has 7 heteroatoms. The first-order valence-electron chi connectivity index (χ1n) is 6.14. The highest BCUT2D eigenvalue weighted by atomic mass is 16.5. The predicted molar refractivity (Wildman–Crippen MR) is 65.4 cm³/mol. The minimum atomic E-state index is -1.02. The number of carbonyl (C=O) groups excluding carboxylic acids is 1. The molecule has 1 aromatic heterocycles. The fraction of sp³-hybridized carbons (Fsp3) is 0.583. The number of carbonyl (C=O) groups is 2. The van der Waals surface area contributed by atoms with Gasteiger partial charge in [0, 0.05) is 6.42 Å². The monoisotopic (exact) mass is 267 g/mol. The lowest BCUT2D eigenvalue weighted by Crippen LogP contribution is -2.50. The van der Waals surface area contributed by atoms with Crippen LogP contribution in [-0.2, 0) is 27.3 Å². The fourth-order valence-electron chi connectivity index (χ4n) is 2.04. The van der Waals surface area contributed by atoms with Crippen LogP contribution in [0.4, 0.5) is 0 Å². The van der Waals surface area contributed by atoms with Crippen LogP contribution in [0.15, 0.2) is 6.33 Å². The van der Waals surface area contributed by atoms with E-state index < -0.39 is 12.0 Å². The standard InChI is InChI=1S/C12H17N3O4/c1-7(2)19-5-11(16)15-4-9-8(13-6-14-9)3-10(15)12(17)18/h6-7,10H,3-5H2,1-2H3,(H,13,14)(H,17,18). The average molecular weight is 267 g/mol. The SMILES string of the molecule is CC(C)OCC(=O)N1Cc2[nH]cnc2CC1C(=O)O. The second-order valence-electron chi connectivity index (χ2n) is 4.77. The Hall–Kier alpha value is -1.89. The van der Waals surface area contributed by atoms with E-state index in [2.05, 4.69) is 9.97 Å². The Morgan fingerprint density at radius 2 is 2.37 bits per heavy atom. The Morgan fingerprint density at radius 3 is 3.00 bits per heavy atom. The van der Waals surface area contributed by atoms with Crippen molar-refractivity contribution < 1.29 is 19.4 Å². The maximum Gasteiger partial charge on any atom is 0.326 e. The number of imidazole rings is 1. The van der Waals surface area contributed by atoms with Crippen molar-refractivity contribution in [2.75, 3.05) is 6.61 Å². The molecule has 2 N–H and O–H groups in total. The van der Waals surface area contributed by atoms with E-state index in [-0.39, 0.29) is 31.6 Å². The Balaban J connectivity index is 2.13. The molecular weight excluding hydrogens is 250 g/mol. The number of amides is 1. The van der Waals surface area contributed by atoms with Gasteiger partial charge in [-0.15, -0.1) is 0 Å². The third-order valence-electron chi connectivity index (χ3n) is 3.04. The number of carboxylic acids is 1. The summed E-state index contributed by atoms with van der Waals surface area (Å²) in [4.78, 5) is 31.6. The van der Waals surface area contributed by atoms with Gasteiger partial charge in [-0.3, -0.25) is 4.79 Å². The van der Waals surface area contributed by atoms with E-state index in [9.17, 15) is 14.7 Å². The Kier molecular flexibility index (Phi) is 3.84. The van der Waals surface area contributed by atoms with Gasteiger partial charge in [-0.05, 0) is 13.8 Å². The van der Waals surface area contributed by atoms with Crippen LogP contribution in [-0.4, -0.2) is 50.6 Å². The van der Waals surface area contributed by atoms with Gasteiger partial charge < -0.3 is 19.7 Å². The zero-order chi connectivity index (χ0) is 14.0. The van der Waals surface area contributed by atoms with Gasteiger partial charge in [-0.25, -0.2) is 9.78 Å². The average Bonchev–Trinajstić information content (AvgIpc) is 2.81. The van der Waals surface area contributed by atoms with Gasteiger partial charge in [-0.1, -0.05) is 0 Å². The molecule has 7 nitrogen and oxygen atoms in total. The topological polar surface area (TPSA) is 95.5 Å². The number of carboxylic acid groups (broad SMARTS) is 1. The quantitative estimate of drug-likeness (QED) is 0.811. The molecule has 19 heavy (non-hydrogen) atoms. The molecule has 1 aliphatic heterocycles. The summed E-state index contributed by atoms with van der Waals surface area (Å²) in [5.41, 5.74) is 1.50. The molecule has 1 aromatic rings. The molecule has 0 radical (unpaired) electrons. The summed E-state index contributed by atoms with van der Waals surface area (Å²) >= 11 is 0. The van der Waals surface area contributed by atoms with Crippen molar-refractivity contribution in [3.63, 3.8) is 0 Å². The normalized spacial score (nSPS) is 18.5. The van der Waals surface area contributed by atoms with Crippen molar-refractivity contribution in [2.45, 2.75) is 39.0 Å². The summed E-state index contributed by atoms with van der Waals surface area (Å²) in [6.07, 6.45) is 1.67. The zero-order valence-corrected chi connectivity index (χ0v) is 10.9. The molecule has 1 aliphatic rings. The fourth-order valence-corrected chi connectivity index (χ4v) is 2.04. The van der Waals surface area contributed by atoms with Crippen molar-refractivity contribution in [2.24, 2.45) is 0 Å². The molecule has 1 amide bonds. The third kappa shape index (κ3) is 2.93. The summed E-state index contributed by atoms with van der Waals surface area (Å²) in [6, 6.07) is -0.876. The number of nitrogens with zero attached hydrogens (tertiary/aromatic N) is 2. The van der Waals surface area contributed by atoms with E-state index in [1.54, 1.807) is 0 Å². The molecule has 0 spiro atoms. The van der Waals surface area contributed by atoms with Gasteiger partial charge in [0.25, 0.3) is 0 Å². The molecule has 0 saturated heterocycles. The molecule has 2 rings (SSSR count). The number of nitrogens with one attached hydrogen (secondary N) is 1. The molecule has 0 bridgehead atoms. The smallest absolute Gasteiger partial charge is 0.326 e. The molecule has 0 aromatic carbocycles. The molecule has 1 atom stereocenters. The van der Waals surface area contributed by atoms with Crippen LogP contribution in [0, 0.1) is 0 Å². The summed E-state index contributed by atoms with van der Waals surface area (Å²) in [5, 5.41) is 9.23. The number of aromatic nitrogens is 2. The molecular formula is C12H17N3O4. The predicted octanol–water partition coefficient (Wildman–Crippen LogP) is 0.173. The highest BCUT2D eigenvalue weighted by molar-refractivity contribution is 5.85. The van der Waals surface area contributed by atoms with E-state index in [4.69, 9.17) is 4.74 Å². The molecule has 0 fully saturated rings. The minimum Gasteiger partial charge on any atom is -0.480 e. The lowest BCUT2D eigenvalue weighted by atomic mass is 10.0. The van der Waals surface area contributed by atoms with Gasteiger partial charge in [-0.2, -0.15) is 0 Å². The van der Waals surface area contributed by atoms with Crippen LogP contribution in [0.5, 0.6) is 0 Å². The summed E-state index contributed by atoms with van der Waals surface area (Å²) in [7, 11) is 0. The lowest BCUT2D eigenvalue weighted by Gasteiger charge is -2.32. The Morgan fingerprint density at radius 1 is 1.63 bits per heavy atom. The minimum absolute atomic E-state index is 0.0697. The van der Waals surface area contributed by atoms with E-state index in [1.807, 2.05) is 13.8 Å². The van der Waals surface area contributed by atoms with E-state index >= 15 is 0 Å². The number of fused-ring (bicyclic) bond motifs is 1. The van der Waals surface area contributed by atoms with E-state index in [0.717, 1.165) is 5.69 Å². The largest absolute Gasteiger partial charge is 0.480 e. The molecule has 0 aliphatic carbocycles. The molecule has 2 heterocycles. The third-order valence-corrected chi connectivity index (χ3v) is 3.04. The van der Waals surface area contributed by atoms with Crippen molar-refractivity contribution in [1.82, 2.24) is 14.9 Å². The lowest BCUT2D eigenvalue weighted by molar-refractivity contribution is -0.154. The highest BCUT2D eigenvalue weighted by Gasteiger charge is 2.35. The number of ether oxygens (including phenoxy) is 1. The molecule has 1 unspecified atom stereocenters. The van der Waals surface area contributed by atoms with Gasteiger partial charge in [0.2, 0.25) is 5.91 Å². The zero-order valence-electron chi connectivity index (χ0n) is 10.9. The van der Waals surface area contributed by atoms with E-state index in [0.29, 0.717) is 5.69 Å². The summed E-state index contributed by atoms with van der Waals surface area (Å²) in [5.74, 6) is -1.34. The summed E-state index contributed by atoms with van der Waals surface area (Å²) < 4.78 is 5.24. The first-order valence-corrected chi connectivity index (χ1v) is 6.14. The van der Waals surface area contributed by atoms with Gasteiger partial charge in [0.1, 0.15) is 12.6 Å². The highest BCUT2D eigenvalue weighted by Crippen LogP contribution is 2.21. The number of aromatic amines is 1. The first kappa shape index (κ1) is 13.5. The maximum absolute atomic E-state index is 12.1. The molecule has 0 saturated carbocycles. The van der Waals surface area contributed by atoms with Crippen LogP contribution in [0.25, 0.3) is 0 Å². The number of hydrogen-bond donors (Lipinski definition) is 2. The van der Waals surface area contributed by atoms with Crippen LogP contribution in [0.2, 0.25) is 0 Å². The number of aliphatic carboxylic acids is 1. The Bertz CT molecular complexity index is 483. The summed E-state index contributed by atoms with van der Waals surface area (Å²) in [6.45, 7) is 3.77. The van der Waals surface area contributed by atoms with Gasteiger partial charge in [0.15, 0.2) is 0 Å².